The predicted molar refractivity (Wildman–Crippen MR) is 64.1 cm³/mol. The fraction of sp³-hybridized carbons (Fsp3) is 0.364. The number of nitrogen functional groups attached to an aromatic ring is 1. The second-order valence-corrected chi connectivity index (χ2v) is 3.89. The summed E-state index contributed by atoms with van der Waals surface area (Å²) in [5, 5.41) is 3.27. The van der Waals surface area contributed by atoms with Crippen molar-refractivity contribution < 1.29 is 4.79 Å². The number of amides is 1. The van der Waals surface area contributed by atoms with Gasteiger partial charge in [0.15, 0.2) is 0 Å². The summed E-state index contributed by atoms with van der Waals surface area (Å²) in [6.07, 6.45) is 1.34. The molecular weight excluding hydrogens is 212 g/mol. The van der Waals surface area contributed by atoms with E-state index in [1.165, 1.54) is 0 Å². The van der Waals surface area contributed by atoms with Crippen molar-refractivity contribution in [2.24, 2.45) is 0 Å². The fourth-order valence-corrected chi connectivity index (χ4v) is 1.44. The minimum atomic E-state index is 0.00133. The van der Waals surface area contributed by atoms with E-state index in [4.69, 9.17) is 17.3 Å². The summed E-state index contributed by atoms with van der Waals surface area (Å²) in [6.45, 7) is 3.84. The van der Waals surface area contributed by atoms with E-state index >= 15 is 0 Å². The molecule has 3 nitrogen and oxygen atoms in total. The maximum Gasteiger partial charge on any atom is 0.224 e. The third kappa shape index (κ3) is 3.13. The first-order valence-corrected chi connectivity index (χ1v) is 5.28. The molecule has 0 heterocycles. The maximum absolute atomic E-state index is 11.4. The van der Waals surface area contributed by atoms with Crippen LogP contribution >= 0.6 is 11.6 Å². The molecular formula is C11H15ClN2O. The van der Waals surface area contributed by atoms with Crippen molar-refractivity contribution in [3.63, 3.8) is 0 Å². The summed E-state index contributed by atoms with van der Waals surface area (Å²) in [5.74, 6) is 0.00133. The van der Waals surface area contributed by atoms with E-state index in [2.05, 4.69) is 5.32 Å². The second-order valence-electron chi connectivity index (χ2n) is 3.49. The SMILES string of the molecule is CCCC(=O)Nc1cc(Cl)c(N)cc1C. The van der Waals surface area contributed by atoms with Gasteiger partial charge in [0.25, 0.3) is 0 Å². The van der Waals surface area contributed by atoms with Crippen LogP contribution in [-0.4, -0.2) is 5.91 Å². The van der Waals surface area contributed by atoms with Crippen molar-refractivity contribution in [1.29, 1.82) is 0 Å². The summed E-state index contributed by atoms with van der Waals surface area (Å²) < 4.78 is 0. The predicted octanol–water partition coefficient (Wildman–Crippen LogP) is 2.97. The van der Waals surface area contributed by atoms with Crippen LogP contribution in [0.25, 0.3) is 0 Å². The zero-order chi connectivity index (χ0) is 11.4. The lowest BCUT2D eigenvalue weighted by atomic mass is 10.1. The first-order chi connectivity index (χ1) is 7.04. The fourth-order valence-electron chi connectivity index (χ4n) is 1.28. The van der Waals surface area contributed by atoms with Crippen LogP contribution in [0.5, 0.6) is 0 Å². The lowest BCUT2D eigenvalue weighted by Gasteiger charge is -2.09. The van der Waals surface area contributed by atoms with Crippen LogP contribution in [0.15, 0.2) is 12.1 Å². The van der Waals surface area contributed by atoms with Crippen LogP contribution < -0.4 is 11.1 Å². The van der Waals surface area contributed by atoms with E-state index in [-0.39, 0.29) is 5.91 Å². The number of nitrogens with one attached hydrogen (secondary N) is 1. The number of rotatable bonds is 3. The number of nitrogens with two attached hydrogens (primary N) is 1. The number of halogens is 1. The van der Waals surface area contributed by atoms with Crippen LogP contribution in [0.2, 0.25) is 5.02 Å². The molecule has 15 heavy (non-hydrogen) atoms. The van der Waals surface area contributed by atoms with E-state index < -0.39 is 0 Å². The largest absolute Gasteiger partial charge is 0.398 e. The molecule has 0 aliphatic carbocycles. The normalized spacial score (nSPS) is 10.1. The van der Waals surface area contributed by atoms with Crippen LogP contribution in [0, 0.1) is 6.92 Å². The van der Waals surface area contributed by atoms with Gasteiger partial charge < -0.3 is 11.1 Å². The standard InChI is InChI=1S/C11H15ClN2O/c1-3-4-11(15)14-10-6-8(12)9(13)5-7(10)2/h5-6H,3-4,13H2,1-2H3,(H,14,15). The summed E-state index contributed by atoms with van der Waals surface area (Å²) >= 11 is 5.87. The van der Waals surface area contributed by atoms with Crippen molar-refractivity contribution >= 4 is 28.9 Å². The van der Waals surface area contributed by atoms with Gasteiger partial charge in [-0.3, -0.25) is 4.79 Å². The molecule has 82 valence electrons. The zero-order valence-electron chi connectivity index (χ0n) is 8.93. The number of carbonyl (C=O) groups excluding carboxylic acids is 1. The molecule has 1 amide bonds. The topological polar surface area (TPSA) is 55.1 Å². The van der Waals surface area contributed by atoms with Crippen molar-refractivity contribution in [3.8, 4) is 0 Å². The molecule has 1 aromatic carbocycles. The molecule has 0 fully saturated rings. The van der Waals surface area contributed by atoms with E-state index in [1.54, 1.807) is 12.1 Å². The third-order valence-electron chi connectivity index (χ3n) is 2.09. The van der Waals surface area contributed by atoms with Gasteiger partial charge in [0.05, 0.1) is 10.7 Å². The highest BCUT2D eigenvalue weighted by Crippen LogP contribution is 2.26. The number of hydrogen-bond acceptors (Lipinski definition) is 2. The van der Waals surface area contributed by atoms with Gasteiger partial charge in [-0.2, -0.15) is 0 Å². The van der Waals surface area contributed by atoms with Gasteiger partial charge in [-0.25, -0.2) is 0 Å². The van der Waals surface area contributed by atoms with Crippen molar-refractivity contribution in [2.45, 2.75) is 26.7 Å². The summed E-state index contributed by atoms with van der Waals surface area (Å²) in [7, 11) is 0. The first-order valence-electron chi connectivity index (χ1n) is 4.90. The number of carbonyl (C=O) groups is 1. The van der Waals surface area contributed by atoms with Gasteiger partial charge in [0, 0.05) is 12.1 Å². The molecule has 0 atom stereocenters. The van der Waals surface area contributed by atoms with E-state index in [0.29, 0.717) is 17.1 Å². The molecule has 4 heteroatoms. The average Bonchev–Trinajstić information content (AvgIpc) is 2.14. The van der Waals surface area contributed by atoms with Crippen LogP contribution in [0.4, 0.5) is 11.4 Å². The van der Waals surface area contributed by atoms with E-state index in [1.807, 2.05) is 13.8 Å². The highest BCUT2D eigenvalue weighted by atomic mass is 35.5. The Kier molecular flexibility index (Phi) is 3.97. The minimum Gasteiger partial charge on any atom is -0.398 e. The lowest BCUT2D eigenvalue weighted by Crippen LogP contribution is -2.11. The van der Waals surface area contributed by atoms with Gasteiger partial charge in [-0.05, 0) is 31.0 Å². The van der Waals surface area contributed by atoms with Gasteiger partial charge in [-0.15, -0.1) is 0 Å². The Bertz CT molecular complexity index is 377. The quantitative estimate of drug-likeness (QED) is 0.779. The monoisotopic (exact) mass is 226 g/mol. The Hall–Kier alpha value is -1.22. The van der Waals surface area contributed by atoms with Crippen LogP contribution in [0.1, 0.15) is 25.3 Å². The Morgan fingerprint density at radius 2 is 2.20 bits per heavy atom. The smallest absolute Gasteiger partial charge is 0.224 e. The molecule has 0 unspecified atom stereocenters. The average molecular weight is 227 g/mol. The molecule has 0 saturated carbocycles. The van der Waals surface area contributed by atoms with Crippen LogP contribution in [-0.2, 0) is 4.79 Å². The molecule has 0 saturated heterocycles. The second kappa shape index (κ2) is 5.03. The minimum absolute atomic E-state index is 0.00133. The zero-order valence-corrected chi connectivity index (χ0v) is 9.69. The molecule has 3 N–H and O–H groups in total. The molecule has 1 rings (SSSR count). The highest BCUT2D eigenvalue weighted by molar-refractivity contribution is 6.33. The maximum atomic E-state index is 11.4. The molecule has 0 spiro atoms. The Morgan fingerprint density at radius 1 is 1.53 bits per heavy atom. The number of benzene rings is 1. The molecule has 0 aliphatic heterocycles. The van der Waals surface area contributed by atoms with Crippen molar-refractivity contribution in [1.82, 2.24) is 0 Å². The van der Waals surface area contributed by atoms with Gasteiger partial charge in [0.2, 0.25) is 5.91 Å². The van der Waals surface area contributed by atoms with Crippen LogP contribution in [0.3, 0.4) is 0 Å². The summed E-state index contributed by atoms with van der Waals surface area (Å²) in [4.78, 5) is 11.4. The Balaban J connectivity index is 2.86. The molecule has 1 aromatic rings. The molecule has 0 radical (unpaired) electrons. The van der Waals surface area contributed by atoms with Crippen molar-refractivity contribution in [3.05, 3.63) is 22.7 Å². The summed E-state index contributed by atoms with van der Waals surface area (Å²) in [6, 6.07) is 3.43. The molecule has 0 bridgehead atoms. The first kappa shape index (κ1) is 11.9. The van der Waals surface area contributed by atoms with E-state index in [9.17, 15) is 4.79 Å². The van der Waals surface area contributed by atoms with Gasteiger partial charge in [0.1, 0.15) is 0 Å². The van der Waals surface area contributed by atoms with Crippen molar-refractivity contribution in [2.75, 3.05) is 11.1 Å². The third-order valence-corrected chi connectivity index (χ3v) is 2.42. The number of hydrogen-bond donors (Lipinski definition) is 2. The number of aryl methyl sites for hydroxylation is 1. The lowest BCUT2D eigenvalue weighted by molar-refractivity contribution is -0.116. The molecule has 0 aliphatic rings. The molecule has 0 aromatic heterocycles. The van der Waals surface area contributed by atoms with Gasteiger partial charge >= 0.3 is 0 Å². The summed E-state index contributed by atoms with van der Waals surface area (Å²) in [5.41, 5.74) is 7.81. The Labute approximate surface area is 94.6 Å². The highest BCUT2D eigenvalue weighted by Gasteiger charge is 2.06. The van der Waals surface area contributed by atoms with E-state index in [0.717, 1.165) is 17.7 Å². The Morgan fingerprint density at radius 3 is 2.80 bits per heavy atom. The number of anilines is 2. The van der Waals surface area contributed by atoms with Gasteiger partial charge in [-0.1, -0.05) is 18.5 Å².